The van der Waals surface area contributed by atoms with Crippen LogP contribution >= 0.6 is 11.3 Å². The van der Waals surface area contributed by atoms with E-state index in [4.69, 9.17) is 9.72 Å². The second kappa shape index (κ2) is 11.0. The maximum absolute atomic E-state index is 13.6. The zero-order valence-corrected chi connectivity index (χ0v) is 23.3. The molecule has 1 amide bonds. The molecule has 0 unspecified atom stereocenters. The highest BCUT2D eigenvalue weighted by atomic mass is 32.2. The fourth-order valence-electron chi connectivity index (χ4n) is 5.53. The summed E-state index contributed by atoms with van der Waals surface area (Å²) in [5.74, 6) is -0.874. The van der Waals surface area contributed by atoms with Gasteiger partial charge in [0.25, 0.3) is 5.91 Å². The van der Waals surface area contributed by atoms with E-state index in [0.29, 0.717) is 35.7 Å². The van der Waals surface area contributed by atoms with E-state index in [-0.39, 0.29) is 29.5 Å². The average Bonchev–Trinajstić information content (AvgIpc) is 3.55. The van der Waals surface area contributed by atoms with E-state index < -0.39 is 22.4 Å². The molecule has 1 aromatic carbocycles. The Morgan fingerprint density at radius 1 is 1.21 bits per heavy atom. The number of hydrogen-bond acceptors (Lipinski definition) is 7. The highest BCUT2D eigenvalue weighted by molar-refractivity contribution is 7.91. The minimum absolute atomic E-state index is 0.0428. The van der Waals surface area contributed by atoms with E-state index in [1.165, 1.54) is 0 Å². The summed E-state index contributed by atoms with van der Waals surface area (Å²) in [6.07, 6.45) is 5.69. The molecule has 38 heavy (non-hydrogen) atoms. The molecule has 2 aliphatic rings. The van der Waals surface area contributed by atoms with Crippen LogP contribution in [-0.2, 0) is 25.8 Å². The van der Waals surface area contributed by atoms with Gasteiger partial charge in [-0.25, -0.2) is 18.2 Å². The number of allylic oxidation sites excluding steroid dienone is 1. The summed E-state index contributed by atoms with van der Waals surface area (Å²) in [6, 6.07) is 11.1. The van der Waals surface area contributed by atoms with Gasteiger partial charge < -0.3 is 9.64 Å². The number of aromatic nitrogens is 1. The third-order valence-electron chi connectivity index (χ3n) is 7.52. The van der Waals surface area contributed by atoms with Crippen LogP contribution in [0.5, 0.6) is 0 Å². The fourth-order valence-corrected chi connectivity index (χ4v) is 7.92. The Kier molecular flexibility index (Phi) is 7.68. The zero-order valence-electron chi connectivity index (χ0n) is 21.7. The second-order valence-corrected chi connectivity index (χ2v) is 13.3. The molecule has 0 saturated carbocycles. The molecule has 2 aromatic heterocycles. The summed E-state index contributed by atoms with van der Waals surface area (Å²) in [7, 11) is -3.16. The molecule has 1 saturated heterocycles. The molecule has 1 aliphatic heterocycles. The first-order chi connectivity index (χ1) is 18.3. The summed E-state index contributed by atoms with van der Waals surface area (Å²) in [4.78, 5) is 34.6. The lowest BCUT2D eigenvalue weighted by atomic mass is 9.86. The molecular formula is C29H32N2O5S2. The highest BCUT2D eigenvalue weighted by Gasteiger charge is 2.37. The van der Waals surface area contributed by atoms with Crippen LogP contribution in [0.1, 0.15) is 66.0 Å². The van der Waals surface area contributed by atoms with Crippen LogP contribution in [0.2, 0.25) is 0 Å². The van der Waals surface area contributed by atoms with E-state index in [0.717, 1.165) is 34.5 Å². The minimum Gasteiger partial charge on any atom is -0.452 e. The minimum atomic E-state index is -3.16. The first kappa shape index (κ1) is 26.6. The van der Waals surface area contributed by atoms with Gasteiger partial charge in [0.05, 0.1) is 28.3 Å². The predicted molar refractivity (Wildman–Crippen MR) is 151 cm³/mol. The molecule has 2 atom stereocenters. The van der Waals surface area contributed by atoms with Gasteiger partial charge in [0.2, 0.25) is 0 Å². The maximum Gasteiger partial charge on any atom is 0.339 e. The number of ether oxygens (including phenoxy) is 1. The van der Waals surface area contributed by atoms with E-state index in [1.807, 2.05) is 49.6 Å². The SMILES string of the molecule is CC[C@@H](C)N(C(=O)COC(=O)c1c2c(nc3ccccc13)/C(=C\c1cccs1)CCC2)[C@@H]1CCS(=O)(=O)C1. The Morgan fingerprint density at radius 2 is 2.03 bits per heavy atom. The Labute approximate surface area is 227 Å². The molecule has 7 nitrogen and oxygen atoms in total. The molecule has 1 aliphatic carbocycles. The van der Waals surface area contributed by atoms with Crippen molar-refractivity contribution >= 4 is 55.6 Å². The number of esters is 1. The average molecular weight is 553 g/mol. The van der Waals surface area contributed by atoms with Gasteiger partial charge in [0, 0.05) is 22.3 Å². The first-order valence-corrected chi connectivity index (χ1v) is 15.8. The smallest absolute Gasteiger partial charge is 0.339 e. The molecule has 1 fully saturated rings. The normalized spacial score (nSPS) is 20.3. The highest BCUT2D eigenvalue weighted by Crippen LogP contribution is 2.37. The molecule has 200 valence electrons. The van der Waals surface area contributed by atoms with Crippen LogP contribution < -0.4 is 0 Å². The third-order valence-corrected chi connectivity index (χ3v) is 10.1. The van der Waals surface area contributed by atoms with Gasteiger partial charge in [-0.1, -0.05) is 31.2 Å². The lowest BCUT2D eigenvalue weighted by Gasteiger charge is -2.33. The van der Waals surface area contributed by atoms with Crippen LogP contribution in [0.15, 0.2) is 41.8 Å². The summed E-state index contributed by atoms with van der Waals surface area (Å²) < 4.78 is 29.8. The number of rotatable bonds is 7. The number of pyridine rings is 1. The van der Waals surface area contributed by atoms with Gasteiger partial charge in [0.1, 0.15) is 0 Å². The van der Waals surface area contributed by atoms with Crippen molar-refractivity contribution in [3.63, 3.8) is 0 Å². The Morgan fingerprint density at radius 3 is 2.74 bits per heavy atom. The number of carbonyl (C=O) groups is 2. The lowest BCUT2D eigenvalue weighted by Crippen LogP contribution is -2.48. The number of thiophene rings is 1. The number of nitrogens with zero attached hydrogens (tertiary/aromatic N) is 2. The fraction of sp³-hybridized carbons (Fsp3) is 0.414. The Bertz CT molecular complexity index is 1490. The topological polar surface area (TPSA) is 93.6 Å². The second-order valence-electron chi connectivity index (χ2n) is 10.1. The van der Waals surface area contributed by atoms with E-state index in [2.05, 4.69) is 12.1 Å². The van der Waals surface area contributed by atoms with Crippen molar-refractivity contribution in [1.82, 2.24) is 9.88 Å². The Balaban J connectivity index is 1.45. The standard InChI is InChI=1S/C29H32N2O5S2/c1-3-19(2)31(21-13-15-38(34,35)18-21)26(32)17-36-29(33)27-23-10-4-5-12-25(23)30-28-20(8-6-11-24(27)28)16-22-9-7-14-37-22/h4-5,7,9-10,12,14,16,19,21H,3,6,8,11,13,15,17-18H2,1-2H3/b20-16-/t19-,21-/m1/s1. The Hall–Kier alpha value is -3.04. The van der Waals surface area contributed by atoms with Crippen LogP contribution in [0.25, 0.3) is 22.6 Å². The van der Waals surface area contributed by atoms with Crippen molar-refractivity contribution in [1.29, 1.82) is 0 Å². The van der Waals surface area contributed by atoms with Gasteiger partial charge in [-0.2, -0.15) is 0 Å². The monoisotopic (exact) mass is 552 g/mol. The molecule has 0 N–H and O–H groups in total. The third kappa shape index (κ3) is 5.40. The number of benzene rings is 1. The maximum atomic E-state index is 13.6. The number of amides is 1. The molecule has 3 aromatic rings. The van der Waals surface area contributed by atoms with Gasteiger partial charge in [0.15, 0.2) is 16.4 Å². The van der Waals surface area contributed by atoms with E-state index >= 15 is 0 Å². The van der Waals surface area contributed by atoms with E-state index in [1.54, 1.807) is 16.2 Å². The largest absolute Gasteiger partial charge is 0.452 e. The van der Waals surface area contributed by atoms with Crippen molar-refractivity contribution in [3.8, 4) is 0 Å². The molecule has 0 bridgehead atoms. The van der Waals surface area contributed by atoms with Crippen LogP contribution in [0.4, 0.5) is 0 Å². The van der Waals surface area contributed by atoms with Crippen LogP contribution in [0.3, 0.4) is 0 Å². The number of hydrogen-bond donors (Lipinski definition) is 0. The van der Waals surface area contributed by atoms with Gasteiger partial charge >= 0.3 is 5.97 Å². The number of para-hydroxylation sites is 1. The molecular weight excluding hydrogens is 520 g/mol. The molecule has 3 heterocycles. The van der Waals surface area contributed by atoms with Crippen molar-refractivity contribution < 1.29 is 22.7 Å². The predicted octanol–water partition coefficient (Wildman–Crippen LogP) is 5.14. The summed E-state index contributed by atoms with van der Waals surface area (Å²) >= 11 is 1.66. The van der Waals surface area contributed by atoms with Crippen molar-refractivity contribution in [2.45, 2.75) is 58.0 Å². The number of carbonyl (C=O) groups excluding carboxylic acids is 2. The van der Waals surface area contributed by atoms with Gasteiger partial charge in [-0.05, 0) is 73.8 Å². The van der Waals surface area contributed by atoms with Crippen LogP contribution in [-0.4, -0.2) is 60.4 Å². The molecule has 5 rings (SSSR count). The first-order valence-electron chi connectivity index (χ1n) is 13.1. The quantitative estimate of drug-likeness (QED) is 0.377. The van der Waals surface area contributed by atoms with Crippen LogP contribution in [0, 0.1) is 0 Å². The lowest BCUT2D eigenvalue weighted by molar-refractivity contribution is -0.138. The molecule has 9 heteroatoms. The molecule has 0 spiro atoms. The van der Waals surface area contributed by atoms with E-state index in [9.17, 15) is 18.0 Å². The molecule has 0 radical (unpaired) electrons. The van der Waals surface area contributed by atoms with Gasteiger partial charge in [-0.15, -0.1) is 11.3 Å². The zero-order chi connectivity index (χ0) is 26.9. The number of fused-ring (bicyclic) bond motifs is 2. The van der Waals surface area contributed by atoms with Crippen molar-refractivity contribution in [2.24, 2.45) is 0 Å². The summed E-state index contributed by atoms with van der Waals surface area (Å²) in [5, 5.41) is 2.75. The van der Waals surface area contributed by atoms with Crippen molar-refractivity contribution in [2.75, 3.05) is 18.1 Å². The van der Waals surface area contributed by atoms with Gasteiger partial charge in [-0.3, -0.25) is 4.79 Å². The summed E-state index contributed by atoms with van der Waals surface area (Å²) in [6.45, 7) is 3.43. The summed E-state index contributed by atoms with van der Waals surface area (Å²) in [5.41, 5.74) is 3.94. The van der Waals surface area contributed by atoms with Crippen molar-refractivity contribution in [3.05, 3.63) is 63.5 Å². The number of sulfone groups is 1.